The maximum atomic E-state index is 13.9. The molecule has 29 heavy (non-hydrogen) atoms. The number of oxazole rings is 1. The van der Waals surface area contributed by atoms with Gasteiger partial charge in [0.2, 0.25) is 5.91 Å². The highest BCUT2D eigenvalue weighted by atomic mass is 79.9. The largest absolute Gasteiger partial charge is 0.441 e. The molecule has 0 unspecified atom stereocenters. The van der Waals surface area contributed by atoms with Crippen molar-refractivity contribution in [2.45, 2.75) is 12.8 Å². The Balaban J connectivity index is 1.29. The summed E-state index contributed by atoms with van der Waals surface area (Å²) in [6.45, 7) is 2.42. The Bertz CT molecular complexity index is 982. The van der Waals surface area contributed by atoms with E-state index in [1.165, 1.54) is 6.07 Å². The summed E-state index contributed by atoms with van der Waals surface area (Å²) in [6.07, 6.45) is 2.50. The quantitative estimate of drug-likeness (QED) is 0.564. The minimum Gasteiger partial charge on any atom is -0.441 e. The van der Waals surface area contributed by atoms with Crippen LogP contribution in [0, 0.1) is 5.82 Å². The molecule has 0 radical (unpaired) electrons. The first-order chi connectivity index (χ1) is 14.1. The number of amides is 1. The lowest BCUT2D eigenvalue weighted by Gasteiger charge is -2.36. The molecule has 0 bridgehead atoms. The molecule has 0 aliphatic carbocycles. The third kappa shape index (κ3) is 4.67. The molecule has 1 amide bonds. The molecule has 4 rings (SSSR count). The van der Waals surface area contributed by atoms with Crippen LogP contribution in [0.25, 0.3) is 11.3 Å². The number of anilines is 1. The van der Waals surface area contributed by atoms with Crippen molar-refractivity contribution in [2.24, 2.45) is 0 Å². The van der Waals surface area contributed by atoms with E-state index in [9.17, 15) is 9.18 Å². The van der Waals surface area contributed by atoms with Gasteiger partial charge < -0.3 is 14.2 Å². The molecule has 0 spiro atoms. The number of carbonyl (C=O) groups is 1. The van der Waals surface area contributed by atoms with Gasteiger partial charge in [-0.1, -0.05) is 40.2 Å². The number of halogens is 2. The molecular weight excluding hydrogens is 437 g/mol. The predicted molar refractivity (Wildman–Crippen MR) is 113 cm³/mol. The maximum absolute atomic E-state index is 13.9. The SMILES string of the molecule is O=C(CCc1ncc(-c2ccc(Br)cc2)o1)N1CCN(c2ccccc2F)CC1. The van der Waals surface area contributed by atoms with Crippen molar-refractivity contribution in [3.05, 3.63) is 70.9 Å². The van der Waals surface area contributed by atoms with Crippen molar-refractivity contribution in [1.82, 2.24) is 9.88 Å². The second kappa shape index (κ2) is 8.78. The zero-order valence-electron chi connectivity index (χ0n) is 15.9. The molecule has 1 aliphatic heterocycles. The number of benzene rings is 2. The van der Waals surface area contributed by atoms with Crippen LogP contribution in [0.15, 0.2) is 63.6 Å². The van der Waals surface area contributed by atoms with Crippen LogP contribution in [0.3, 0.4) is 0 Å². The highest BCUT2D eigenvalue weighted by Gasteiger charge is 2.23. The van der Waals surface area contributed by atoms with Gasteiger partial charge in [0.05, 0.1) is 11.9 Å². The van der Waals surface area contributed by atoms with Gasteiger partial charge in [0, 0.05) is 49.1 Å². The standard InChI is InChI=1S/C22H21BrFN3O2/c23-17-7-5-16(6-8-17)20-15-25-21(29-20)9-10-22(28)27-13-11-26(12-14-27)19-4-2-1-3-18(19)24/h1-8,15H,9-14H2. The Kier molecular flexibility index (Phi) is 5.94. The summed E-state index contributed by atoms with van der Waals surface area (Å²) in [5.41, 5.74) is 1.54. The molecule has 1 aromatic heterocycles. The van der Waals surface area contributed by atoms with E-state index >= 15 is 0 Å². The lowest BCUT2D eigenvalue weighted by molar-refractivity contribution is -0.131. The van der Waals surface area contributed by atoms with Crippen LogP contribution < -0.4 is 4.90 Å². The van der Waals surface area contributed by atoms with Gasteiger partial charge in [0.1, 0.15) is 5.82 Å². The first-order valence-electron chi connectivity index (χ1n) is 9.58. The molecule has 1 saturated heterocycles. The van der Waals surface area contributed by atoms with Gasteiger partial charge in [-0.3, -0.25) is 4.79 Å². The van der Waals surface area contributed by atoms with Gasteiger partial charge in [0.25, 0.3) is 0 Å². The smallest absolute Gasteiger partial charge is 0.223 e. The molecule has 1 fully saturated rings. The Labute approximate surface area is 177 Å². The molecule has 0 atom stereocenters. The molecular formula is C22H21BrFN3O2. The highest BCUT2D eigenvalue weighted by Crippen LogP contribution is 2.23. The lowest BCUT2D eigenvalue weighted by Crippen LogP contribution is -2.49. The van der Waals surface area contributed by atoms with Crippen LogP contribution in [0.5, 0.6) is 0 Å². The van der Waals surface area contributed by atoms with Crippen molar-refractivity contribution in [3.8, 4) is 11.3 Å². The number of hydrogen-bond acceptors (Lipinski definition) is 4. The molecule has 0 N–H and O–H groups in total. The van der Waals surface area contributed by atoms with Gasteiger partial charge in [-0.2, -0.15) is 0 Å². The summed E-state index contributed by atoms with van der Waals surface area (Å²) >= 11 is 3.41. The third-order valence-corrected chi connectivity index (χ3v) is 5.59. The summed E-state index contributed by atoms with van der Waals surface area (Å²) in [5.74, 6) is 1.10. The molecule has 2 aromatic carbocycles. The summed E-state index contributed by atoms with van der Waals surface area (Å²) in [5, 5.41) is 0. The number of rotatable bonds is 5. The Morgan fingerprint density at radius 1 is 1.07 bits per heavy atom. The summed E-state index contributed by atoms with van der Waals surface area (Å²) in [7, 11) is 0. The van der Waals surface area contributed by atoms with Crippen molar-refractivity contribution in [3.63, 3.8) is 0 Å². The fourth-order valence-corrected chi connectivity index (χ4v) is 3.71. The number of aromatic nitrogens is 1. The van der Waals surface area contributed by atoms with E-state index in [1.54, 1.807) is 18.3 Å². The highest BCUT2D eigenvalue weighted by molar-refractivity contribution is 9.10. The van der Waals surface area contributed by atoms with Crippen LogP contribution in [-0.2, 0) is 11.2 Å². The van der Waals surface area contributed by atoms with Crippen molar-refractivity contribution in [1.29, 1.82) is 0 Å². The second-order valence-electron chi connectivity index (χ2n) is 6.94. The van der Waals surface area contributed by atoms with Crippen LogP contribution in [0.1, 0.15) is 12.3 Å². The van der Waals surface area contributed by atoms with Crippen molar-refractivity contribution >= 4 is 27.5 Å². The second-order valence-corrected chi connectivity index (χ2v) is 7.86. The fourth-order valence-electron chi connectivity index (χ4n) is 3.45. The number of para-hydroxylation sites is 1. The molecule has 3 aromatic rings. The van der Waals surface area contributed by atoms with Crippen molar-refractivity contribution < 1.29 is 13.6 Å². The van der Waals surface area contributed by atoms with E-state index in [0.29, 0.717) is 56.4 Å². The average molecular weight is 458 g/mol. The average Bonchev–Trinajstić information content (AvgIpc) is 3.22. The summed E-state index contributed by atoms with van der Waals surface area (Å²) < 4.78 is 20.7. The Morgan fingerprint density at radius 2 is 1.79 bits per heavy atom. The van der Waals surface area contributed by atoms with Crippen molar-refractivity contribution in [2.75, 3.05) is 31.1 Å². The first kappa shape index (κ1) is 19.6. The fraction of sp³-hybridized carbons (Fsp3) is 0.273. The summed E-state index contributed by atoms with van der Waals surface area (Å²) in [6, 6.07) is 14.6. The van der Waals surface area contributed by atoms with E-state index in [0.717, 1.165) is 10.0 Å². The minimum absolute atomic E-state index is 0.0709. The topological polar surface area (TPSA) is 49.6 Å². The van der Waals surface area contributed by atoms with Crippen LogP contribution >= 0.6 is 15.9 Å². The monoisotopic (exact) mass is 457 g/mol. The number of carbonyl (C=O) groups excluding carboxylic acids is 1. The Hall–Kier alpha value is -2.67. The molecule has 5 nitrogen and oxygen atoms in total. The van der Waals surface area contributed by atoms with E-state index in [4.69, 9.17) is 4.42 Å². The third-order valence-electron chi connectivity index (χ3n) is 5.06. The lowest BCUT2D eigenvalue weighted by atomic mass is 10.2. The van der Waals surface area contributed by atoms with E-state index in [-0.39, 0.29) is 11.7 Å². The molecule has 1 aliphatic rings. The molecule has 0 saturated carbocycles. The van der Waals surface area contributed by atoms with Gasteiger partial charge in [0.15, 0.2) is 11.7 Å². The van der Waals surface area contributed by atoms with Gasteiger partial charge >= 0.3 is 0 Å². The first-order valence-corrected chi connectivity index (χ1v) is 10.4. The number of piperazine rings is 1. The molecule has 150 valence electrons. The van der Waals surface area contributed by atoms with Gasteiger partial charge in [-0.25, -0.2) is 9.37 Å². The predicted octanol–water partition coefficient (Wildman–Crippen LogP) is 4.52. The number of nitrogens with zero attached hydrogens (tertiary/aromatic N) is 3. The van der Waals surface area contributed by atoms with Gasteiger partial charge in [-0.05, 0) is 24.3 Å². The van der Waals surface area contributed by atoms with Crippen LogP contribution in [-0.4, -0.2) is 42.0 Å². The van der Waals surface area contributed by atoms with E-state index in [1.807, 2.05) is 40.1 Å². The molecule has 7 heteroatoms. The number of hydrogen-bond donors (Lipinski definition) is 0. The van der Waals surface area contributed by atoms with Crippen LogP contribution in [0.4, 0.5) is 10.1 Å². The van der Waals surface area contributed by atoms with E-state index < -0.39 is 0 Å². The zero-order chi connectivity index (χ0) is 20.2. The Morgan fingerprint density at radius 3 is 2.52 bits per heavy atom. The number of aryl methyl sites for hydroxylation is 1. The maximum Gasteiger partial charge on any atom is 0.223 e. The molecule has 2 heterocycles. The van der Waals surface area contributed by atoms with E-state index in [2.05, 4.69) is 20.9 Å². The minimum atomic E-state index is -0.224. The van der Waals surface area contributed by atoms with Crippen LogP contribution in [0.2, 0.25) is 0 Å². The zero-order valence-corrected chi connectivity index (χ0v) is 17.4. The summed E-state index contributed by atoms with van der Waals surface area (Å²) in [4.78, 5) is 20.7. The van der Waals surface area contributed by atoms with Gasteiger partial charge in [-0.15, -0.1) is 0 Å². The normalized spacial score (nSPS) is 14.3.